The average Bonchev–Trinajstić information content (AvgIpc) is 3.05. The number of rotatable bonds is 5. The van der Waals surface area contributed by atoms with Crippen molar-refractivity contribution >= 4 is 29.2 Å². The zero-order valence-electron chi connectivity index (χ0n) is 15.0. The summed E-state index contributed by atoms with van der Waals surface area (Å²) < 4.78 is 1.42. The minimum atomic E-state index is -0.828. The molecule has 9 nitrogen and oxygen atoms in total. The third-order valence-electron chi connectivity index (χ3n) is 3.83. The van der Waals surface area contributed by atoms with Crippen molar-refractivity contribution in [1.82, 2.24) is 9.78 Å². The molecular weight excluding hydrogens is 360 g/mol. The van der Waals surface area contributed by atoms with E-state index < -0.39 is 11.9 Å². The second-order valence-electron chi connectivity index (χ2n) is 6.00. The molecule has 0 atom stereocenters. The van der Waals surface area contributed by atoms with E-state index in [0.717, 1.165) is 11.1 Å². The number of hydrogen-bond acceptors (Lipinski definition) is 4. The van der Waals surface area contributed by atoms with Crippen molar-refractivity contribution in [2.24, 2.45) is 11.5 Å². The summed E-state index contributed by atoms with van der Waals surface area (Å²) in [5, 5.41) is 9.21. The number of carbonyl (C=O) groups excluding carboxylic acids is 3. The van der Waals surface area contributed by atoms with Gasteiger partial charge in [0, 0.05) is 12.6 Å². The van der Waals surface area contributed by atoms with E-state index >= 15 is 0 Å². The Labute approximate surface area is 160 Å². The van der Waals surface area contributed by atoms with E-state index in [9.17, 15) is 14.4 Å². The second kappa shape index (κ2) is 7.62. The van der Waals surface area contributed by atoms with Crippen LogP contribution in [0.2, 0.25) is 0 Å². The molecule has 28 heavy (non-hydrogen) atoms. The van der Waals surface area contributed by atoms with Gasteiger partial charge in [-0.2, -0.15) is 5.10 Å². The first-order valence-corrected chi connectivity index (χ1v) is 8.28. The van der Waals surface area contributed by atoms with Gasteiger partial charge in [0.2, 0.25) is 5.91 Å². The molecule has 0 aliphatic heterocycles. The summed E-state index contributed by atoms with van der Waals surface area (Å²) in [5.41, 5.74) is 13.5. The maximum Gasteiger partial charge on any atom is 0.316 e. The number of nitrogens with zero attached hydrogens (tertiary/aromatic N) is 2. The molecule has 1 aromatic heterocycles. The van der Waals surface area contributed by atoms with Crippen LogP contribution in [0.1, 0.15) is 17.4 Å². The van der Waals surface area contributed by atoms with Crippen molar-refractivity contribution in [2.75, 3.05) is 10.6 Å². The minimum absolute atomic E-state index is 0.100. The molecule has 0 spiro atoms. The first kappa shape index (κ1) is 18.6. The molecular formula is C19H18N6O3. The number of primary amides is 2. The quantitative estimate of drug-likeness (QED) is 0.538. The van der Waals surface area contributed by atoms with Crippen LogP contribution in [0, 0.1) is 0 Å². The monoisotopic (exact) mass is 378 g/mol. The fourth-order valence-corrected chi connectivity index (χ4v) is 2.72. The van der Waals surface area contributed by atoms with Crippen molar-refractivity contribution in [3.63, 3.8) is 0 Å². The molecule has 3 aromatic rings. The van der Waals surface area contributed by atoms with Crippen molar-refractivity contribution in [3.8, 4) is 16.8 Å². The Bertz CT molecular complexity index is 1070. The van der Waals surface area contributed by atoms with E-state index in [1.807, 2.05) is 36.4 Å². The highest BCUT2D eigenvalue weighted by Gasteiger charge is 2.16. The molecule has 0 aliphatic carbocycles. The standard InChI is InChI=1S/C19H18N6O3/c1-11(26)22-14-6-2-4-12(8-14)13-5-3-7-15(9-13)25-10-16(23-19(21)28)17(24-25)18(20)27/h2-10H,1H3,(H2,20,27)(H,22,26)(H3,21,23,28). The lowest BCUT2D eigenvalue weighted by Gasteiger charge is -2.08. The van der Waals surface area contributed by atoms with Crippen LogP contribution in [0.3, 0.4) is 0 Å². The number of carbonyl (C=O) groups is 3. The van der Waals surface area contributed by atoms with Crippen LogP contribution in [0.25, 0.3) is 16.8 Å². The van der Waals surface area contributed by atoms with Crippen LogP contribution in [-0.4, -0.2) is 27.6 Å². The number of anilines is 2. The summed E-state index contributed by atoms with van der Waals surface area (Å²) in [6.45, 7) is 1.44. The summed E-state index contributed by atoms with van der Waals surface area (Å²) in [5.74, 6) is -0.947. The fraction of sp³-hybridized carbons (Fsp3) is 0.0526. The largest absolute Gasteiger partial charge is 0.364 e. The molecule has 0 unspecified atom stereocenters. The first-order valence-electron chi connectivity index (χ1n) is 8.28. The second-order valence-corrected chi connectivity index (χ2v) is 6.00. The third kappa shape index (κ3) is 4.15. The summed E-state index contributed by atoms with van der Waals surface area (Å²) >= 11 is 0. The SMILES string of the molecule is CC(=O)Nc1cccc(-c2cccc(-n3cc(NC(N)=O)c(C(N)=O)n3)c2)c1. The lowest BCUT2D eigenvalue weighted by atomic mass is 10.0. The predicted molar refractivity (Wildman–Crippen MR) is 105 cm³/mol. The molecule has 0 fully saturated rings. The van der Waals surface area contributed by atoms with E-state index in [4.69, 9.17) is 11.5 Å². The molecule has 4 amide bonds. The number of aromatic nitrogens is 2. The number of urea groups is 1. The highest BCUT2D eigenvalue weighted by Crippen LogP contribution is 2.25. The zero-order valence-corrected chi connectivity index (χ0v) is 15.0. The van der Waals surface area contributed by atoms with Crippen LogP contribution >= 0.6 is 0 Å². The number of benzene rings is 2. The first-order chi connectivity index (χ1) is 13.3. The molecule has 0 saturated carbocycles. The Kier molecular flexibility index (Phi) is 5.07. The van der Waals surface area contributed by atoms with Gasteiger partial charge in [0.05, 0.1) is 17.6 Å². The van der Waals surface area contributed by atoms with Gasteiger partial charge in [-0.25, -0.2) is 9.48 Å². The van der Waals surface area contributed by atoms with E-state index in [-0.39, 0.29) is 17.3 Å². The fourth-order valence-electron chi connectivity index (χ4n) is 2.72. The highest BCUT2D eigenvalue weighted by atomic mass is 16.2. The van der Waals surface area contributed by atoms with Gasteiger partial charge >= 0.3 is 6.03 Å². The van der Waals surface area contributed by atoms with Crippen molar-refractivity contribution in [3.05, 3.63) is 60.4 Å². The Morgan fingerprint density at radius 3 is 2.29 bits per heavy atom. The average molecular weight is 378 g/mol. The minimum Gasteiger partial charge on any atom is -0.364 e. The zero-order chi connectivity index (χ0) is 20.3. The molecule has 3 rings (SSSR count). The van der Waals surface area contributed by atoms with E-state index in [1.54, 1.807) is 12.1 Å². The lowest BCUT2D eigenvalue weighted by Crippen LogP contribution is -2.22. The lowest BCUT2D eigenvalue weighted by molar-refractivity contribution is -0.114. The summed E-state index contributed by atoms with van der Waals surface area (Å²) in [6, 6.07) is 13.9. The maximum atomic E-state index is 11.6. The summed E-state index contributed by atoms with van der Waals surface area (Å²) in [4.78, 5) is 34.0. The summed E-state index contributed by atoms with van der Waals surface area (Å²) in [6.07, 6.45) is 1.46. The Morgan fingerprint density at radius 2 is 1.64 bits per heavy atom. The van der Waals surface area contributed by atoms with Gasteiger partial charge in [-0.3, -0.25) is 9.59 Å². The molecule has 6 N–H and O–H groups in total. The molecule has 0 radical (unpaired) electrons. The van der Waals surface area contributed by atoms with Gasteiger partial charge in [0.25, 0.3) is 5.91 Å². The highest BCUT2D eigenvalue weighted by molar-refractivity contribution is 6.00. The third-order valence-corrected chi connectivity index (χ3v) is 3.83. The van der Waals surface area contributed by atoms with Gasteiger partial charge in [0.15, 0.2) is 5.69 Å². The smallest absolute Gasteiger partial charge is 0.316 e. The van der Waals surface area contributed by atoms with Crippen molar-refractivity contribution in [1.29, 1.82) is 0 Å². The molecule has 0 saturated heterocycles. The van der Waals surface area contributed by atoms with Crippen molar-refractivity contribution in [2.45, 2.75) is 6.92 Å². The Morgan fingerprint density at radius 1 is 0.964 bits per heavy atom. The van der Waals surface area contributed by atoms with Gasteiger partial charge < -0.3 is 22.1 Å². The van der Waals surface area contributed by atoms with E-state index in [0.29, 0.717) is 11.4 Å². The predicted octanol–water partition coefficient (Wildman–Crippen LogP) is 2.09. The van der Waals surface area contributed by atoms with Crippen LogP contribution in [0.15, 0.2) is 54.7 Å². The Hall–Kier alpha value is -4.14. The van der Waals surface area contributed by atoms with E-state index in [1.165, 1.54) is 17.8 Å². The normalized spacial score (nSPS) is 10.3. The van der Waals surface area contributed by atoms with Gasteiger partial charge in [-0.15, -0.1) is 0 Å². The van der Waals surface area contributed by atoms with Crippen LogP contribution in [-0.2, 0) is 4.79 Å². The van der Waals surface area contributed by atoms with Crippen LogP contribution in [0.4, 0.5) is 16.2 Å². The maximum absolute atomic E-state index is 11.6. The molecule has 0 aliphatic rings. The Balaban J connectivity index is 1.99. The van der Waals surface area contributed by atoms with Crippen molar-refractivity contribution < 1.29 is 14.4 Å². The number of amides is 4. The van der Waals surface area contributed by atoms with Gasteiger partial charge in [0.1, 0.15) is 0 Å². The van der Waals surface area contributed by atoms with Gasteiger partial charge in [-0.1, -0.05) is 24.3 Å². The summed E-state index contributed by atoms with van der Waals surface area (Å²) in [7, 11) is 0. The molecule has 2 aromatic carbocycles. The number of nitrogens with two attached hydrogens (primary N) is 2. The van der Waals surface area contributed by atoms with E-state index in [2.05, 4.69) is 15.7 Å². The van der Waals surface area contributed by atoms with Crippen LogP contribution in [0.5, 0.6) is 0 Å². The number of hydrogen-bond donors (Lipinski definition) is 4. The number of nitrogens with one attached hydrogen (secondary N) is 2. The molecule has 9 heteroatoms. The van der Waals surface area contributed by atoms with Crippen LogP contribution < -0.4 is 22.1 Å². The molecule has 0 bridgehead atoms. The molecule has 142 valence electrons. The topological polar surface area (TPSA) is 145 Å². The molecule has 1 heterocycles. The van der Waals surface area contributed by atoms with Gasteiger partial charge in [-0.05, 0) is 35.4 Å².